The van der Waals surface area contributed by atoms with Crippen LogP contribution in [0.1, 0.15) is 10.4 Å². The molecule has 0 atom stereocenters. The van der Waals surface area contributed by atoms with Crippen LogP contribution in [0.25, 0.3) is 0 Å². The molecule has 24 heavy (non-hydrogen) atoms. The Morgan fingerprint density at radius 3 is 2.54 bits per heavy atom. The third kappa shape index (κ3) is 4.29. The van der Waals surface area contributed by atoms with Crippen molar-refractivity contribution in [3.63, 3.8) is 0 Å². The molecule has 0 aliphatic carbocycles. The lowest BCUT2D eigenvalue weighted by atomic mass is 10.2. The molecule has 2 aromatic carbocycles. The molecule has 0 radical (unpaired) electrons. The molecule has 2 aromatic rings. The van der Waals surface area contributed by atoms with E-state index in [0.29, 0.717) is 4.47 Å². The number of rotatable bonds is 6. The van der Waals surface area contributed by atoms with Crippen molar-refractivity contribution in [3.05, 3.63) is 62.6 Å². The van der Waals surface area contributed by atoms with Gasteiger partial charge in [-0.25, -0.2) is 9.59 Å². The molecule has 0 saturated heterocycles. The van der Waals surface area contributed by atoms with E-state index in [1.807, 2.05) is 0 Å². The van der Waals surface area contributed by atoms with E-state index in [-0.39, 0.29) is 22.7 Å². The molecule has 8 nitrogen and oxygen atoms in total. The summed E-state index contributed by atoms with van der Waals surface area (Å²) in [6.07, 6.45) is 0. The number of esters is 1. The highest BCUT2D eigenvalue weighted by Crippen LogP contribution is 2.26. The number of carbonyl (C=O) groups excluding carboxylic acids is 1. The second kappa shape index (κ2) is 7.55. The Hall–Kier alpha value is -2.94. The number of benzene rings is 2. The molecule has 0 bridgehead atoms. The quantitative estimate of drug-likeness (QED) is 0.345. The number of hydrogen-bond acceptors (Lipinski definition) is 6. The average Bonchev–Trinajstić information content (AvgIpc) is 2.54. The Bertz CT molecular complexity index is 806. The van der Waals surface area contributed by atoms with E-state index in [0.717, 1.165) is 0 Å². The molecule has 0 fully saturated rings. The van der Waals surface area contributed by atoms with Crippen LogP contribution in [-0.2, 0) is 4.79 Å². The third-order valence-corrected chi connectivity index (χ3v) is 3.30. The van der Waals surface area contributed by atoms with Crippen molar-refractivity contribution in [1.29, 1.82) is 0 Å². The first-order valence-electron chi connectivity index (χ1n) is 6.48. The number of hydrogen-bond donors (Lipinski definition) is 1. The monoisotopic (exact) mass is 395 g/mol. The molecule has 2 rings (SSSR count). The Labute approximate surface area is 143 Å². The molecular formula is C15H10BrNO7. The zero-order chi connectivity index (χ0) is 17.7. The van der Waals surface area contributed by atoms with Crippen molar-refractivity contribution in [1.82, 2.24) is 0 Å². The maximum atomic E-state index is 11.8. The first kappa shape index (κ1) is 17.4. The summed E-state index contributed by atoms with van der Waals surface area (Å²) in [5.74, 6) is -2.40. The van der Waals surface area contributed by atoms with Gasteiger partial charge in [-0.3, -0.25) is 10.1 Å². The van der Waals surface area contributed by atoms with Crippen molar-refractivity contribution >= 4 is 33.6 Å². The fourth-order valence-electron chi connectivity index (χ4n) is 1.78. The molecule has 0 amide bonds. The van der Waals surface area contributed by atoms with Crippen LogP contribution in [0, 0.1) is 10.1 Å². The van der Waals surface area contributed by atoms with Crippen LogP contribution in [0.3, 0.4) is 0 Å². The number of nitrogens with zero attached hydrogens (tertiary/aromatic N) is 1. The number of para-hydroxylation sites is 2. The molecule has 0 unspecified atom stereocenters. The van der Waals surface area contributed by atoms with Crippen molar-refractivity contribution in [2.75, 3.05) is 6.61 Å². The summed E-state index contributed by atoms with van der Waals surface area (Å²) < 4.78 is 10.5. The molecule has 9 heteroatoms. The highest BCUT2D eigenvalue weighted by molar-refractivity contribution is 9.10. The minimum atomic E-state index is -1.27. The minimum Gasteiger partial charge on any atom is -0.478 e. The van der Waals surface area contributed by atoms with Crippen LogP contribution in [0.4, 0.5) is 5.69 Å². The molecule has 0 aliphatic rings. The lowest BCUT2D eigenvalue weighted by molar-refractivity contribution is -0.385. The fraction of sp³-hybridized carbons (Fsp3) is 0.0667. The van der Waals surface area contributed by atoms with Gasteiger partial charge in [0.1, 0.15) is 11.3 Å². The van der Waals surface area contributed by atoms with E-state index < -0.39 is 23.5 Å². The zero-order valence-corrected chi connectivity index (χ0v) is 13.6. The maximum Gasteiger partial charge on any atom is 0.349 e. The summed E-state index contributed by atoms with van der Waals surface area (Å²) in [4.78, 5) is 33.1. The summed E-state index contributed by atoms with van der Waals surface area (Å²) in [6, 6.07) is 9.67. The van der Waals surface area contributed by atoms with Gasteiger partial charge in [-0.05, 0) is 24.3 Å². The molecule has 0 aliphatic heterocycles. The van der Waals surface area contributed by atoms with Crippen molar-refractivity contribution in [3.8, 4) is 11.5 Å². The van der Waals surface area contributed by atoms with Gasteiger partial charge < -0.3 is 14.6 Å². The summed E-state index contributed by atoms with van der Waals surface area (Å²) >= 11 is 3.12. The smallest absolute Gasteiger partial charge is 0.349 e. The third-order valence-electron chi connectivity index (χ3n) is 2.80. The summed E-state index contributed by atoms with van der Waals surface area (Å²) in [6.45, 7) is -0.611. The Morgan fingerprint density at radius 1 is 1.17 bits per heavy atom. The van der Waals surface area contributed by atoms with Crippen LogP contribution < -0.4 is 9.47 Å². The summed E-state index contributed by atoms with van der Waals surface area (Å²) in [7, 11) is 0. The topological polar surface area (TPSA) is 116 Å². The first-order valence-corrected chi connectivity index (χ1v) is 7.27. The van der Waals surface area contributed by atoms with E-state index in [1.165, 1.54) is 42.5 Å². The second-order valence-corrected chi connectivity index (χ2v) is 5.35. The van der Waals surface area contributed by atoms with E-state index in [9.17, 15) is 19.7 Å². The normalized spacial score (nSPS) is 10.0. The van der Waals surface area contributed by atoms with Crippen LogP contribution in [0.15, 0.2) is 46.9 Å². The van der Waals surface area contributed by atoms with Crippen LogP contribution in [0.5, 0.6) is 11.5 Å². The summed E-state index contributed by atoms with van der Waals surface area (Å²) in [5.41, 5.74) is -0.497. The van der Waals surface area contributed by atoms with E-state index in [4.69, 9.17) is 14.6 Å². The number of aromatic carboxylic acids is 1. The van der Waals surface area contributed by atoms with Gasteiger partial charge in [0.2, 0.25) is 0 Å². The number of carboxylic acids is 1. The van der Waals surface area contributed by atoms with Crippen molar-refractivity contribution in [2.45, 2.75) is 0 Å². The zero-order valence-electron chi connectivity index (χ0n) is 12.0. The number of ether oxygens (including phenoxy) is 2. The van der Waals surface area contributed by atoms with Gasteiger partial charge >= 0.3 is 17.6 Å². The van der Waals surface area contributed by atoms with Gasteiger partial charge in [-0.2, -0.15) is 0 Å². The molecule has 0 heterocycles. The molecule has 0 spiro atoms. The van der Waals surface area contributed by atoms with Crippen LogP contribution in [-0.4, -0.2) is 28.6 Å². The molecular weight excluding hydrogens is 386 g/mol. The van der Waals surface area contributed by atoms with Gasteiger partial charge in [0, 0.05) is 10.5 Å². The highest BCUT2D eigenvalue weighted by atomic mass is 79.9. The lowest BCUT2D eigenvalue weighted by Gasteiger charge is -2.09. The number of halogens is 1. The van der Waals surface area contributed by atoms with Gasteiger partial charge in [0.15, 0.2) is 12.4 Å². The second-order valence-electron chi connectivity index (χ2n) is 4.43. The largest absolute Gasteiger partial charge is 0.478 e. The molecule has 1 N–H and O–H groups in total. The van der Waals surface area contributed by atoms with E-state index >= 15 is 0 Å². The minimum absolute atomic E-state index is 0.0892. The lowest BCUT2D eigenvalue weighted by Crippen LogP contribution is -2.19. The molecule has 0 aromatic heterocycles. The first-order chi connectivity index (χ1) is 11.4. The Balaban J connectivity index is 2.08. The van der Waals surface area contributed by atoms with Gasteiger partial charge in [-0.15, -0.1) is 0 Å². The van der Waals surface area contributed by atoms with Crippen LogP contribution >= 0.6 is 15.9 Å². The van der Waals surface area contributed by atoms with Crippen LogP contribution in [0.2, 0.25) is 0 Å². The molecule has 124 valence electrons. The summed E-state index contributed by atoms with van der Waals surface area (Å²) in [5, 5.41) is 19.9. The predicted octanol–water partition coefficient (Wildman–Crippen LogP) is 3.04. The van der Waals surface area contributed by atoms with Crippen molar-refractivity contribution < 1.29 is 29.1 Å². The van der Waals surface area contributed by atoms with Gasteiger partial charge in [-0.1, -0.05) is 28.1 Å². The molecule has 0 saturated carbocycles. The highest BCUT2D eigenvalue weighted by Gasteiger charge is 2.18. The van der Waals surface area contributed by atoms with E-state index in [2.05, 4.69) is 15.9 Å². The Kier molecular flexibility index (Phi) is 5.48. The predicted molar refractivity (Wildman–Crippen MR) is 85.3 cm³/mol. The average molecular weight is 396 g/mol. The Morgan fingerprint density at radius 2 is 1.88 bits per heavy atom. The van der Waals surface area contributed by atoms with Crippen molar-refractivity contribution in [2.24, 2.45) is 0 Å². The number of carboxylic acid groups (broad SMARTS) is 1. The number of carbonyl (C=O) groups is 2. The number of nitro groups is 1. The van der Waals surface area contributed by atoms with E-state index in [1.54, 1.807) is 0 Å². The van der Waals surface area contributed by atoms with Gasteiger partial charge in [0.05, 0.1) is 4.92 Å². The standard InChI is InChI=1S/C15H10BrNO7/c16-9-5-6-12(10(7-9)15(19)20)24-14(18)8-23-13-4-2-1-3-11(13)17(21)22/h1-7H,8H2,(H,19,20). The maximum absolute atomic E-state index is 11.8. The number of nitro benzene ring substituents is 1. The SMILES string of the molecule is O=C(COc1ccccc1[N+](=O)[O-])Oc1ccc(Br)cc1C(=O)O. The van der Waals surface area contributed by atoms with Gasteiger partial charge in [0.25, 0.3) is 0 Å². The fourth-order valence-corrected chi connectivity index (χ4v) is 2.14.